The standard InChI is InChI=1S/C18H19NO3/c1-11(2)16(18(20)21)19-17-12-7-3-5-9-14(12)22-15-10-6-4-8-13(15)17/h3-11,16-17,19H,1-2H3,(H,20,21)/t16-/m0/s1. The number of benzene rings is 2. The molecule has 0 aromatic heterocycles. The molecule has 0 saturated heterocycles. The molecule has 2 aromatic rings. The van der Waals surface area contributed by atoms with Crippen LogP contribution in [0, 0.1) is 5.92 Å². The topological polar surface area (TPSA) is 58.6 Å². The van der Waals surface area contributed by atoms with Crippen LogP contribution in [0.4, 0.5) is 0 Å². The fraction of sp³-hybridized carbons (Fsp3) is 0.278. The van der Waals surface area contributed by atoms with E-state index in [0.717, 1.165) is 22.6 Å². The number of para-hydroxylation sites is 2. The summed E-state index contributed by atoms with van der Waals surface area (Å²) in [6.45, 7) is 3.81. The van der Waals surface area contributed by atoms with E-state index in [-0.39, 0.29) is 12.0 Å². The van der Waals surface area contributed by atoms with Crippen LogP contribution in [0.1, 0.15) is 31.0 Å². The van der Waals surface area contributed by atoms with Crippen LogP contribution in [0.15, 0.2) is 48.5 Å². The van der Waals surface area contributed by atoms with E-state index in [1.165, 1.54) is 0 Å². The van der Waals surface area contributed by atoms with Crippen LogP contribution in [0.3, 0.4) is 0 Å². The molecule has 1 aliphatic rings. The molecule has 0 unspecified atom stereocenters. The van der Waals surface area contributed by atoms with Gasteiger partial charge in [-0.05, 0) is 18.1 Å². The minimum absolute atomic E-state index is 0.0142. The molecule has 0 amide bonds. The molecule has 4 heteroatoms. The molecule has 2 N–H and O–H groups in total. The van der Waals surface area contributed by atoms with Crippen molar-refractivity contribution in [2.24, 2.45) is 5.92 Å². The van der Waals surface area contributed by atoms with Crippen molar-refractivity contribution in [3.05, 3.63) is 59.7 Å². The van der Waals surface area contributed by atoms with Gasteiger partial charge in [0, 0.05) is 11.1 Å². The Bertz CT molecular complexity index is 651. The van der Waals surface area contributed by atoms with Crippen LogP contribution in [0.5, 0.6) is 11.5 Å². The van der Waals surface area contributed by atoms with Gasteiger partial charge < -0.3 is 9.84 Å². The normalized spacial score (nSPS) is 14.9. The van der Waals surface area contributed by atoms with E-state index in [9.17, 15) is 9.90 Å². The highest BCUT2D eigenvalue weighted by molar-refractivity contribution is 5.74. The number of nitrogens with one attached hydrogen (secondary N) is 1. The lowest BCUT2D eigenvalue weighted by Crippen LogP contribution is -2.43. The second-order valence-corrected chi connectivity index (χ2v) is 5.84. The summed E-state index contributed by atoms with van der Waals surface area (Å²) in [5.74, 6) is 0.689. The molecule has 114 valence electrons. The Morgan fingerprint density at radius 1 is 1.05 bits per heavy atom. The number of carboxylic acid groups (broad SMARTS) is 1. The van der Waals surface area contributed by atoms with Crippen LogP contribution in [0.25, 0.3) is 0 Å². The summed E-state index contributed by atoms with van der Waals surface area (Å²) in [6.07, 6.45) is 0. The lowest BCUT2D eigenvalue weighted by atomic mass is 9.92. The first-order chi connectivity index (χ1) is 10.6. The van der Waals surface area contributed by atoms with Gasteiger partial charge in [-0.1, -0.05) is 50.2 Å². The van der Waals surface area contributed by atoms with E-state index < -0.39 is 12.0 Å². The monoisotopic (exact) mass is 297 g/mol. The van der Waals surface area contributed by atoms with Crippen LogP contribution >= 0.6 is 0 Å². The minimum atomic E-state index is -0.837. The number of carboxylic acids is 1. The van der Waals surface area contributed by atoms with Gasteiger partial charge in [0.25, 0.3) is 0 Å². The summed E-state index contributed by atoms with van der Waals surface area (Å²) < 4.78 is 5.92. The number of hydrogen-bond acceptors (Lipinski definition) is 3. The summed E-state index contributed by atoms with van der Waals surface area (Å²) >= 11 is 0. The molecule has 1 heterocycles. The Morgan fingerprint density at radius 3 is 2.00 bits per heavy atom. The Labute approximate surface area is 129 Å². The van der Waals surface area contributed by atoms with Crippen molar-refractivity contribution in [1.82, 2.24) is 5.32 Å². The van der Waals surface area contributed by atoms with Crippen molar-refractivity contribution < 1.29 is 14.6 Å². The lowest BCUT2D eigenvalue weighted by molar-refractivity contribution is -0.140. The maximum absolute atomic E-state index is 11.5. The van der Waals surface area contributed by atoms with Crippen molar-refractivity contribution in [3.63, 3.8) is 0 Å². The van der Waals surface area contributed by atoms with Crippen LogP contribution in [-0.4, -0.2) is 17.1 Å². The Morgan fingerprint density at radius 2 is 1.55 bits per heavy atom. The average Bonchev–Trinajstić information content (AvgIpc) is 2.50. The zero-order valence-electron chi connectivity index (χ0n) is 12.6. The van der Waals surface area contributed by atoms with Gasteiger partial charge in [0.15, 0.2) is 0 Å². The highest BCUT2D eigenvalue weighted by Crippen LogP contribution is 2.42. The quantitative estimate of drug-likeness (QED) is 0.905. The molecule has 0 saturated carbocycles. The van der Waals surface area contributed by atoms with E-state index in [0.29, 0.717) is 0 Å². The van der Waals surface area contributed by atoms with Gasteiger partial charge in [0.2, 0.25) is 0 Å². The van der Waals surface area contributed by atoms with Crippen LogP contribution < -0.4 is 10.1 Å². The van der Waals surface area contributed by atoms with E-state index in [1.54, 1.807) is 0 Å². The minimum Gasteiger partial charge on any atom is -0.480 e. The predicted molar refractivity (Wildman–Crippen MR) is 84.2 cm³/mol. The zero-order chi connectivity index (χ0) is 15.7. The van der Waals surface area contributed by atoms with E-state index >= 15 is 0 Å². The summed E-state index contributed by atoms with van der Waals surface area (Å²) in [5, 5.41) is 12.8. The fourth-order valence-corrected chi connectivity index (χ4v) is 2.82. The number of aliphatic carboxylic acids is 1. The van der Waals surface area contributed by atoms with Gasteiger partial charge in [-0.2, -0.15) is 0 Å². The summed E-state index contributed by atoms with van der Waals surface area (Å²) in [5.41, 5.74) is 1.93. The van der Waals surface area contributed by atoms with E-state index in [1.807, 2.05) is 62.4 Å². The maximum atomic E-state index is 11.5. The van der Waals surface area contributed by atoms with Crippen molar-refractivity contribution in [3.8, 4) is 11.5 Å². The molecule has 22 heavy (non-hydrogen) atoms. The molecular formula is C18H19NO3. The van der Waals surface area contributed by atoms with E-state index in [4.69, 9.17) is 4.74 Å². The third-order valence-electron chi connectivity index (χ3n) is 3.96. The molecule has 4 nitrogen and oxygen atoms in total. The number of fused-ring (bicyclic) bond motifs is 2. The van der Waals surface area contributed by atoms with Crippen molar-refractivity contribution in [2.45, 2.75) is 25.9 Å². The molecule has 0 spiro atoms. The number of rotatable bonds is 4. The molecule has 0 radical (unpaired) electrons. The van der Waals surface area contributed by atoms with Crippen molar-refractivity contribution in [1.29, 1.82) is 0 Å². The summed E-state index contributed by atoms with van der Waals surface area (Å²) in [7, 11) is 0. The van der Waals surface area contributed by atoms with Gasteiger partial charge >= 0.3 is 5.97 Å². The molecule has 1 atom stereocenters. The van der Waals surface area contributed by atoms with Crippen molar-refractivity contribution in [2.75, 3.05) is 0 Å². The Hall–Kier alpha value is -2.33. The van der Waals surface area contributed by atoms with Gasteiger partial charge in [0.05, 0.1) is 6.04 Å². The number of ether oxygens (including phenoxy) is 1. The summed E-state index contributed by atoms with van der Waals surface area (Å²) in [4.78, 5) is 11.5. The first kappa shape index (κ1) is 14.6. The zero-order valence-corrected chi connectivity index (χ0v) is 12.6. The van der Waals surface area contributed by atoms with Gasteiger partial charge in [0.1, 0.15) is 17.5 Å². The third kappa shape index (κ3) is 2.57. The molecule has 2 aromatic carbocycles. The van der Waals surface area contributed by atoms with Crippen LogP contribution in [0.2, 0.25) is 0 Å². The predicted octanol–water partition coefficient (Wildman–Crippen LogP) is 3.58. The largest absolute Gasteiger partial charge is 0.480 e. The number of hydrogen-bond donors (Lipinski definition) is 2. The van der Waals surface area contributed by atoms with Gasteiger partial charge in [-0.25, -0.2) is 0 Å². The molecule has 3 rings (SSSR count). The highest BCUT2D eigenvalue weighted by atomic mass is 16.5. The first-order valence-corrected chi connectivity index (χ1v) is 7.42. The third-order valence-corrected chi connectivity index (χ3v) is 3.96. The highest BCUT2D eigenvalue weighted by Gasteiger charge is 2.31. The fourth-order valence-electron chi connectivity index (χ4n) is 2.82. The maximum Gasteiger partial charge on any atom is 0.320 e. The van der Waals surface area contributed by atoms with Crippen LogP contribution in [-0.2, 0) is 4.79 Å². The van der Waals surface area contributed by atoms with Crippen molar-refractivity contribution >= 4 is 5.97 Å². The summed E-state index contributed by atoms with van der Waals surface area (Å²) in [6, 6.07) is 14.7. The number of carbonyl (C=O) groups is 1. The second kappa shape index (κ2) is 5.81. The van der Waals surface area contributed by atoms with E-state index in [2.05, 4.69) is 5.32 Å². The smallest absolute Gasteiger partial charge is 0.320 e. The molecular weight excluding hydrogens is 278 g/mol. The SMILES string of the molecule is CC(C)[C@H](NC1c2ccccc2Oc2ccccc21)C(=O)O. The molecule has 0 aliphatic carbocycles. The average molecular weight is 297 g/mol. The molecule has 0 fully saturated rings. The second-order valence-electron chi connectivity index (χ2n) is 5.84. The Balaban J connectivity index is 2.04. The van der Waals surface area contributed by atoms with Gasteiger partial charge in [-0.15, -0.1) is 0 Å². The molecule has 0 bridgehead atoms. The Kier molecular flexibility index (Phi) is 3.86. The van der Waals surface area contributed by atoms with Gasteiger partial charge in [-0.3, -0.25) is 10.1 Å². The lowest BCUT2D eigenvalue weighted by Gasteiger charge is -2.32. The molecule has 1 aliphatic heterocycles. The first-order valence-electron chi connectivity index (χ1n) is 7.42.